The molecule has 0 unspecified atom stereocenters. The van der Waals surface area contributed by atoms with Crippen LogP contribution in [0.1, 0.15) is 27.0 Å². The van der Waals surface area contributed by atoms with Crippen LogP contribution in [-0.2, 0) is 17.6 Å². The van der Waals surface area contributed by atoms with Gasteiger partial charge in [0.1, 0.15) is 0 Å². The number of benzene rings is 2. The van der Waals surface area contributed by atoms with Crippen molar-refractivity contribution in [3.8, 4) is 0 Å². The Morgan fingerprint density at radius 2 is 1.52 bits per heavy atom. The summed E-state index contributed by atoms with van der Waals surface area (Å²) in [4.78, 5) is 28.1. The van der Waals surface area contributed by atoms with Crippen LogP contribution in [0.2, 0.25) is 0 Å². The lowest BCUT2D eigenvalue weighted by Crippen LogP contribution is -2.20. The van der Waals surface area contributed by atoms with E-state index in [-0.39, 0.29) is 0 Å². The highest BCUT2D eigenvalue weighted by atomic mass is 16.2. The molecule has 27 heavy (non-hydrogen) atoms. The molecule has 2 aromatic carbocycles. The van der Waals surface area contributed by atoms with E-state index in [4.69, 9.17) is 0 Å². The van der Waals surface area contributed by atoms with E-state index >= 15 is 0 Å². The molecule has 132 valence electrons. The second-order valence-corrected chi connectivity index (χ2v) is 6.48. The summed E-state index contributed by atoms with van der Waals surface area (Å²) in [5.41, 5.74) is 5.17. The maximum absolute atomic E-state index is 12.0. The van der Waals surface area contributed by atoms with Gasteiger partial charge in [0.05, 0.1) is 5.70 Å². The lowest BCUT2D eigenvalue weighted by atomic mass is 9.92. The maximum atomic E-state index is 12.0. The summed E-state index contributed by atoms with van der Waals surface area (Å²) < 4.78 is 0. The molecule has 0 bridgehead atoms. The van der Waals surface area contributed by atoms with Crippen LogP contribution in [0.15, 0.2) is 79.1 Å². The first-order chi connectivity index (χ1) is 13.2. The second-order valence-electron chi connectivity index (χ2n) is 6.48. The van der Waals surface area contributed by atoms with E-state index < -0.39 is 11.6 Å². The zero-order chi connectivity index (χ0) is 18.6. The quantitative estimate of drug-likeness (QED) is 0.701. The third kappa shape index (κ3) is 3.70. The molecule has 3 aromatic rings. The van der Waals surface area contributed by atoms with Crippen LogP contribution >= 0.6 is 0 Å². The summed E-state index contributed by atoms with van der Waals surface area (Å²) in [7, 11) is 0. The highest BCUT2D eigenvalue weighted by Crippen LogP contribution is 2.26. The van der Waals surface area contributed by atoms with Gasteiger partial charge < -0.3 is 5.32 Å². The van der Waals surface area contributed by atoms with Crippen molar-refractivity contribution in [2.24, 2.45) is 0 Å². The van der Waals surface area contributed by atoms with Crippen LogP contribution in [0.4, 0.5) is 5.69 Å². The Balaban J connectivity index is 1.48. The van der Waals surface area contributed by atoms with Gasteiger partial charge in [0.25, 0.3) is 0 Å². The van der Waals surface area contributed by atoms with Gasteiger partial charge in [0.2, 0.25) is 11.6 Å². The highest BCUT2D eigenvalue weighted by molar-refractivity contribution is 6.50. The van der Waals surface area contributed by atoms with Gasteiger partial charge >= 0.3 is 0 Å². The molecule has 0 spiro atoms. The Bertz CT molecular complexity index is 1020. The Morgan fingerprint density at radius 1 is 0.778 bits per heavy atom. The molecule has 1 heterocycles. The molecule has 0 fully saturated rings. The largest absolute Gasteiger partial charge is 0.355 e. The number of hydrogen-bond donors (Lipinski definition) is 1. The van der Waals surface area contributed by atoms with Gasteiger partial charge in [0, 0.05) is 35.3 Å². The summed E-state index contributed by atoms with van der Waals surface area (Å²) in [6, 6.07) is 19.3. The fourth-order valence-electron chi connectivity index (χ4n) is 3.17. The van der Waals surface area contributed by atoms with Crippen molar-refractivity contribution >= 4 is 23.0 Å². The van der Waals surface area contributed by atoms with Crippen LogP contribution in [0, 0.1) is 0 Å². The molecule has 4 heteroatoms. The van der Waals surface area contributed by atoms with Crippen LogP contribution in [0.3, 0.4) is 0 Å². The number of aryl methyl sites for hydroxylation is 2. The lowest BCUT2D eigenvalue weighted by molar-refractivity contribution is -0.111. The molecule has 0 saturated carbocycles. The summed E-state index contributed by atoms with van der Waals surface area (Å²) in [5.74, 6) is -0.953. The van der Waals surface area contributed by atoms with Crippen LogP contribution in [0.5, 0.6) is 0 Å². The van der Waals surface area contributed by atoms with Crippen molar-refractivity contribution in [1.82, 2.24) is 4.98 Å². The van der Waals surface area contributed by atoms with Crippen LogP contribution < -0.4 is 5.32 Å². The van der Waals surface area contributed by atoms with E-state index in [0.717, 1.165) is 24.1 Å². The maximum Gasteiger partial charge on any atom is 0.233 e. The predicted octanol–water partition coefficient (Wildman–Crippen LogP) is 4.09. The van der Waals surface area contributed by atoms with Gasteiger partial charge in [0.15, 0.2) is 0 Å². The smallest absolute Gasteiger partial charge is 0.233 e. The minimum absolute atomic E-state index is 0.445. The Kier molecular flexibility index (Phi) is 4.62. The lowest BCUT2D eigenvalue weighted by Gasteiger charge is -2.18. The Labute approximate surface area is 157 Å². The monoisotopic (exact) mass is 354 g/mol. The van der Waals surface area contributed by atoms with Crippen molar-refractivity contribution in [1.29, 1.82) is 0 Å². The Morgan fingerprint density at radius 3 is 2.26 bits per heavy atom. The minimum atomic E-state index is -0.496. The summed E-state index contributed by atoms with van der Waals surface area (Å²) in [5, 5.41) is 3.27. The number of pyridine rings is 1. The third-order valence-electron chi connectivity index (χ3n) is 4.62. The number of Topliss-reactive ketones (excluding diaryl/α,β-unsaturated/α-hetero) is 1. The van der Waals surface area contributed by atoms with Gasteiger partial charge in [-0.05, 0) is 42.2 Å². The van der Waals surface area contributed by atoms with E-state index in [1.54, 1.807) is 18.3 Å². The fraction of sp³-hybridized carbons (Fsp3) is 0.0870. The number of hydrogen-bond acceptors (Lipinski definition) is 4. The van der Waals surface area contributed by atoms with E-state index in [1.165, 1.54) is 17.2 Å². The molecule has 1 N–H and O–H groups in total. The molecular weight excluding hydrogens is 336 g/mol. The number of fused-ring (bicyclic) bond motifs is 1. The summed E-state index contributed by atoms with van der Waals surface area (Å²) in [6.45, 7) is 0. The standard InChI is InChI=1S/C23H18N2O2/c26-22-14-21(19-5-1-2-6-20(19)23(22)27)25-18-11-9-16(10-12-18)7-8-17-4-3-13-24-15-17/h1-6,9-15,25H,7-8H2. The van der Waals surface area contributed by atoms with Crippen molar-refractivity contribution in [3.63, 3.8) is 0 Å². The normalized spacial score (nSPS) is 13.1. The molecule has 0 amide bonds. The third-order valence-corrected chi connectivity index (χ3v) is 4.62. The van der Waals surface area contributed by atoms with Gasteiger partial charge in [-0.3, -0.25) is 14.6 Å². The zero-order valence-corrected chi connectivity index (χ0v) is 14.7. The average Bonchev–Trinajstić information content (AvgIpc) is 2.72. The van der Waals surface area contributed by atoms with Crippen LogP contribution in [0.25, 0.3) is 5.70 Å². The SMILES string of the molecule is O=C1C=C(Nc2ccc(CCc3cccnc3)cc2)c2ccccc2C1=O. The van der Waals surface area contributed by atoms with Crippen molar-refractivity contribution < 1.29 is 9.59 Å². The molecule has 4 nitrogen and oxygen atoms in total. The molecule has 0 saturated heterocycles. The first kappa shape index (κ1) is 16.9. The minimum Gasteiger partial charge on any atom is -0.355 e. The van der Waals surface area contributed by atoms with Crippen molar-refractivity contribution in [2.75, 3.05) is 5.32 Å². The topological polar surface area (TPSA) is 59.1 Å². The predicted molar refractivity (Wildman–Crippen MR) is 105 cm³/mol. The average molecular weight is 354 g/mol. The molecule has 0 aliphatic heterocycles. The number of nitrogens with zero attached hydrogens (tertiary/aromatic N) is 1. The number of ketones is 2. The molecule has 0 radical (unpaired) electrons. The number of nitrogens with one attached hydrogen (secondary N) is 1. The van der Waals surface area contributed by atoms with Crippen molar-refractivity contribution in [2.45, 2.75) is 12.8 Å². The molecule has 0 atom stereocenters. The first-order valence-corrected chi connectivity index (χ1v) is 8.85. The van der Waals surface area contributed by atoms with E-state index in [2.05, 4.69) is 28.5 Å². The number of allylic oxidation sites excluding steroid dienone is 1. The van der Waals surface area contributed by atoms with Gasteiger partial charge in [-0.1, -0.05) is 42.5 Å². The van der Waals surface area contributed by atoms with Gasteiger partial charge in [-0.2, -0.15) is 0 Å². The first-order valence-electron chi connectivity index (χ1n) is 8.85. The summed E-state index contributed by atoms with van der Waals surface area (Å²) >= 11 is 0. The molecular formula is C23H18N2O2. The number of rotatable bonds is 5. The highest BCUT2D eigenvalue weighted by Gasteiger charge is 2.25. The van der Waals surface area contributed by atoms with Crippen molar-refractivity contribution in [3.05, 3.63) is 101 Å². The van der Waals surface area contributed by atoms with Crippen LogP contribution in [-0.4, -0.2) is 16.6 Å². The zero-order valence-electron chi connectivity index (χ0n) is 14.7. The number of anilines is 1. The van der Waals surface area contributed by atoms with E-state index in [1.807, 2.05) is 36.5 Å². The summed E-state index contributed by atoms with van der Waals surface area (Å²) in [6.07, 6.45) is 6.92. The van der Waals surface area contributed by atoms with Gasteiger partial charge in [-0.25, -0.2) is 0 Å². The molecule has 4 rings (SSSR count). The second kappa shape index (κ2) is 7.38. The Hall–Kier alpha value is -3.53. The fourth-order valence-corrected chi connectivity index (χ4v) is 3.17. The molecule has 1 aromatic heterocycles. The van der Waals surface area contributed by atoms with E-state index in [0.29, 0.717) is 11.3 Å². The van der Waals surface area contributed by atoms with Gasteiger partial charge in [-0.15, -0.1) is 0 Å². The number of carbonyl (C=O) groups is 2. The number of carbonyl (C=O) groups excluding carboxylic acids is 2. The molecule has 1 aliphatic rings. The molecule has 1 aliphatic carbocycles. The number of aromatic nitrogens is 1. The van der Waals surface area contributed by atoms with E-state index in [9.17, 15) is 9.59 Å².